The zero-order valence-electron chi connectivity index (χ0n) is 15.7. The highest BCUT2D eigenvalue weighted by Crippen LogP contribution is 2.29. The minimum atomic E-state index is -4.36. The molecule has 1 fully saturated rings. The van der Waals surface area contributed by atoms with Gasteiger partial charge in [0.15, 0.2) is 5.82 Å². The van der Waals surface area contributed by atoms with Crippen LogP contribution in [0.5, 0.6) is 0 Å². The number of aromatic nitrogens is 2. The van der Waals surface area contributed by atoms with Crippen molar-refractivity contribution >= 4 is 11.3 Å². The van der Waals surface area contributed by atoms with Crippen molar-refractivity contribution in [2.45, 2.75) is 25.7 Å². The summed E-state index contributed by atoms with van der Waals surface area (Å²) in [7, 11) is 0. The molecule has 1 aliphatic heterocycles. The lowest BCUT2D eigenvalue weighted by molar-refractivity contribution is -0.137. The number of alkyl halides is 3. The quantitative estimate of drug-likeness (QED) is 0.600. The van der Waals surface area contributed by atoms with E-state index >= 15 is 0 Å². The van der Waals surface area contributed by atoms with Gasteiger partial charge in [0.05, 0.1) is 12.1 Å². The number of nitrogens with zero attached hydrogens (tertiary/aromatic N) is 4. The van der Waals surface area contributed by atoms with Crippen LogP contribution >= 0.6 is 11.3 Å². The molecule has 5 nitrogen and oxygen atoms in total. The average molecular weight is 422 g/mol. The molecule has 4 rings (SSSR count). The van der Waals surface area contributed by atoms with E-state index < -0.39 is 11.7 Å². The van der Waals surface area contributed by atoms with Crippen LogP contribution in [0, 0.1) is 0 Å². The Bertz CT molecular complexity index is 918. The van der Waals surface area contributed by atoms with Gasteiger partial charge in [0.25, 0.3) is 0 Å². The van der Waals surface area contributed by atoms with Gasteiger partial charge >= 0.3 is 6.18 Å². The Morgan fingerprint density at radius 3 is 2.45 bits per heavy atom. The molecule has 154 valence electrons. The Hall–Kier alpha value is -2.23. The van der Waals surface area contributed by atoms with Gasteiger partial charge in [-0.25, -0.2) is 0 Å². The minimum absolute atomic E-state index is 0.210. The maximum Gasteiger partial charge on any atom is 0.416 e. The Morgan fingerprint density at radius 2 is 1.76 bits per heavy atom. The number of thiophene rings is 1. The fourth-order valence-electron chi connectivity index (χ4n) is 3.39. The molecule has 1 saturated heterocycles. The zero-order chi connectivity index (χ0) is 20.3. The Balaban J connectivity index is 1.29. The molecule has 0 N–H and O–H groups in total. The van der Waals surface area contributed by atoms with Crippen LogP contribution in [0.2, 0.25) is 0 Å². The maximum absolute atomic E-state index is 12.8. The fourth-order valence-corrected chi connectivity index (χ4v) is 4.13. The molecule has 0 amide bonds. The van der Waals surface area contributed by atoms with E-state index in [1.807, 2.05) is 0 Å². The van der Waals surface area contributed by atoms with Crippen LogP contribution in [0.15, 0.2) is 46.3 Å². The number of halogens is 3. The molecule has 3 heterocycles. The standard InChI is InChI=1S/C20H21F3N4OS/c21-20(22,23)16-4-1-3-15(11-16)12-18-24-19(28-25-18)14-27-8-6-26(7-9-27)13-17-5-2-10-29-17/h1-5,10-11H,6-9,12-14H2. The first-order chi connectivity index (χ1) is 14.0. The van der Waals surface area contributed by atoms with Crippen LogP contribution in [-0.2, 0) is 25.7 Å². The lowest BCUT2D eigenvalue weighted by atomic mass is 10.1. The molecular formula is C20H21F3N4OS. The second-order valence-electron chi connectivity index (χ2n) is 7.11. The zero-order valence-corrected chi connectivity index (χ0v) is 16.5. The summed E-state index contributed by atoms with van der Waals surface area (Å²) in [5.41, 5.74) is -0.159. The van der Waals surface area contributed by atoms with Gasteiger partial charge < -0.3 is 4.52 Å². The maximum atomic E-state index is 12.8. The molecule has 0 aliphatic carbocycles. The number of hydrogen-bond donors (Lipinski definition) is 0. The number of hydrogen-bond acceptors (Lipinski definition) is 6. The van der Waals surface area contributed by atoms with E-state index in [0.717, 1.165) is 44.9 Å². The van der Waals surface area contributed by atoms with Crippen molar-refractivity contribution < 1.29 is 17.7 Å². The molecular weight excluding hydrogens is 401 g/mol. The van der Waals surface area contributed by atoms with Crippen molar-refractivity contribution in [2.24, 2.45) is 0 Å². The largest absolute Gasteiger partial charge is 0.416 e. The van der Waals surface area contributed by atoms with Crippen molar-refractivity contribution in [1.82, 2.24) is 19.9 Å². The lowest BCUT2D eigenvalue weighted by Gasteiger charge is -2.33. The van der Waals surface area contributed by atoms with Crippen molar-refractivity contribution in [3.8, 4) is 0 Å². The highest BCUT2D eigenvalue weighted by Gasteiger charge is 2.30. The van der Waals surface area contributed by atoms with E-state index in [1.165, 1.54) is 10.9 Å². The molecule has 0 spiro atoms. The number of rotatable bonds is 6. The first-order valence-corrected chi connectivity index (χ1v) is 10.3. The third-order valence-electron chi connectivity index (χ3n) is 4.91. The third-order valence-corrected chi connectivity index (χ3v) is 5.77. The summed E-state index contributed by atoms with van der Waals surface area (Å²) in [5.74, 6) is 0.898. The summed E-state index contributed by atoms with van der Waals surface area (Å²) in [6.45, 7) is 5.31. The highest BCUT2D eigenvalue weighted by atomic mass is 32.1. The van der Waals surface area contributed by atoms with Crippen molar-refractivity contribution in [3.63, 3.8) is 0 Å². The summed E-state index contributed by atoms with van der Waals surface area (Å²) < 4.78 is 43.9. The van der Waals surface area contributed by atoms with E-state index in [1.54, 1.807) is 17.4 Å². The van der Waals surface area contributed by atoms with Crippen LogP contribution in [0.1, 0.15) is 27.7 Å². The molecule has 9 heteroatoms. The Labute approximate surface area is 170 Å². The normalized spacial score (nSPS) is 16.4. The van der Waals surface area contributed by atoms with E-state index in [0.29, 0.717) is 23.8 Å². The van der Waals surface area contributed by atoms with Gasteiger partial charge in [-0.15, -0.1) is 11.3 Å². The smallest absolute Gasteiger partial charge is 0.338 e. The molecule has 1 aromatic carbocycles. The van der Waals surface area contributed by atoms with E-state index in [4.69, 9.17) is 4.52 Å². The Morgan fingerprint density at radius 1 is 1.00 bits per heavy atom. The van der Waals surface area contributed by atoms with E-state index in [9.17, 15) is 13.2 Å². The molecule has 2 aromatic heterocycles. The van der Waals surface area contributed by atoms with Crippen LogP contribution in [0.4, 0.5) is 13.2 Å². The van der Waals surface area contributed by atoms with Gasteiger partial charge in [0, 0.05) is 44.0 Å². The second-order valence-corrected chi connectivity index (χ2v) is 8.14. The van der Waals surface area contributed by atoms with Crippen LogP contribution < -0.4 is 0 Å². The predicted octanol–water partition coefficient (Wildman–Crippen LogP) is 4.06. The summed E-state index contributed by atoms with van der Waals surface area (Å²) >= 11 is 1.77. The molecule has 29 heavy (non-hydrogen) atoms. The molecule has 0 atom stereocenters. The highest BCUT2D eigenvalue weighted by molar-refractivity contribution is 7.09. The second kappa shape index (κ2) is 8.64. The molecule has 0 bridgehead atoms. The molecule has 1 aliphatic rings. The first kappa shape index (κ1) is 20.1. The average Bonchev–Trinajstić information content (AvgIpc) is 3.35. The molecule has 0 saturated carbocycles. The minimum Gasteiger partial charge on any atom is -0.338 e. The molecule has 0 radical (unpaired) electrons. The summed E-state index contributed by atoms with van der Waals surface area (Å²) in [5, 5.41) is 6.03. The summed E-state index contributed by atoms with van der Waals surface area (Å²) in [4.78, 5) is 10.4. The summed E-state index contributed by atoms with van der Waals surface area (Å²) in [6, 6.07) is 9.45. The van der Waals surface area contributed by atoms with Crippen LogP contribution in [0.3, 0.4) is 0 Å². The van der Waals surface area contributed by atoms with Gasteiger partial charge in [-0.1, -0.05) is 29.4 Å². The monoisotopic (exact) mass is 422 g/mol. The molecule has 3 aromatic rings. The first-order valence-electron chi connectivity index (χ1n) is 9.40. The van der Waals surface area contributed by atoms with Gasteiger partial charge in [0.2, 0.25) is 5.89 Å². The fraction of sp³-hybridized carbons (Fsp3) is 0.400. The summed E-state index contributed by atoms with van der Waals surface area (Å²) in [6.07, 6.45) is -4.15. The number of piperazine rings is 1. The van der Waals surface area contributed by atoms with Gasteiger partial charge in [-0.2, -0.15) is 18.2 Å². The van der Waals surface area contributed by atoms with Crippen LogP contribution in [-0.4, -0.2) is 46.1 Å². The van der Waals surface area contributed by atoms with Gasteiger partial charge in [0.1, 0.15) is 0 Å². The molecule has 0 unspecified atom stereocenters. The van der Waals surface area contributed by atoms with E-state index in [2.05, 4.69) is 37.5 Å². The van der Waals surface area contributed by atoms with E-state index in [-0.39, 0.29) is 6.42 Å². The van der Waals surface area contributed by atoms with Crippen molar-refractivity contribution in [2.75, 3.05) is 26.2 Å². The Kier molecular flexibility index (Phi) is 5.98. The van der Waals surface area contributed by atoms with Gasteiger partial charge in [-0.05, 0) is 23.1 Å². The lowest BCUT2D eigenvalue weighted by Crippen LogP contribution is -2.45. The number of benzene rings is 1. The predicted molar refractivity (Wildman–Crippen MR) is 103 cm³/mol. The van der Waals surface area contributed by atoms with Crippen LogP contribution in [0.25, 0.3) is 0 Å². The SMILES string of the molecule is FC(F)(F)c1cccc(Cc2noc(CN3CCN(Cc4cccs4)CC3)n2)c1. The van der Waals surface area contributed by atoms with Gasteiger partial charge in [-0.3, -0.25) is 9.80 Å². The topological polar surface area (TPSA) is 45.4 Å². The third kappa shape index (κ3) is 5.43. The van der Waals surface area contributed by atoms with Crippen molar-refractivity contribution in [1.29, 1.82) is 0 Å². The van der Waals surface area contributed by atoms with Crippen molar-refractivity contribution in [3.05, 3.63) is 69.5 Å².